The molecule has 3 atom stereocenters. The van der Waals surface area contributed by atoms with Crippen LogP contribution in [0.25, 0.3) is 61.4 Å². The number of hydrogen-bond acceptors (Lipinski definition) is 3. The molecule has 0 amide bonds. The minimum Gasteiger partial charge on any atom is -0.454 e. The molecule has 7 aromatic rings. The number of hydrogen-bond donors (Lipinski definition) is 0. The molecule has 2 aliphatic rings. The second-order valence-corrected chi connectivity index (χ2v) is 11.4. The molecule has 196 valence electrons. The van der Waals surface area contributed by atoms with Gasteiger partial charge >= 0.3 is 0 Å². The normalized spacial score (nSPS) is 19.4. The Morgan fingerprint density at radius 3 is 2.32 bits per heavy atom. The number of benzene rings is 4. The fourth-order valence-corrected chi connectivity index (χ4v) is 7.29. The van der Waals surface area contributed by atoms with Gasteiger partial charge in [0.05, 0.1) is 22.4 Å². The lowest BCUT2D eigenvalue weighted by Crippen LogP contribution is -2.21. The zero-order valence-corrected chi connectivity index (χ0v) is 22.7. The molecule has 0 saturated heterocycles. The zero-order chi connectivity index (χ0) is 27.1. The molecule has 4 nitrogen and oxygen atoms in total. The van der Waals surface area contributed by atoms with Crippen molar-refractivity contribution < 1.29 is 4.42 Å². The smallest absolute Gasteiger partial charge is 0.235 e. The van der Waals surface area contributed by atoms with Crippen molar-refractivity contribution in [3.8, 4) is 28.7 Å². The van der Waals surface area contributed by atoms with Gasteiger partial charge in [-0.3, -0.25) is 4.57 Å². The van der Waals surface area contributed by atoms with Crippen molar-refractivity contribution in [2.45, 2.75) is 25.2 Å². The molecule has 41 heavy (non-hydrogen) atoms. The monoisotopic (exact) mass is 529 g/mol. The van der Waals surface area contributed by atoms with Crippen LogP contribution < -0.4 is 0 Å². The Bertz CT molecular complexity index is 2170. The third-order valence-electron chi connectivity index (χ3n) is 9.01. The quantitative estimate of drug-likeness (QED) is 0.210. The van der Waals surface area contributed by atoms with Crippen LogP contribution in [0.15, 0.2) is 120 Å². The van der Waals surface area contributed by atoms with Crippen LogP contribution in [0.2, 0.25) is 0 Å². The van der Waals surface area contributed by atoms with Gasteiger partial charge in [-0.2, -0.15) is 0 Å². The van der Waals surface area contributed by atoms with Crippen LogP contribution >= 0.6 is 0 Å². The van der Waals surface area contributed by atoms with E-state index in [1.54, 1.807) is 0 Å². The molecule has 0 fully saturated rings. The van der Waals surface area contributed by atoms with Gasteiger partial charge in [-0.05, 0) is 42.0 Å². The highest BCUT2D eigenvalue weighted by Gasteiger charge is 2.42. The van der Waals surface area contributed by atoms with Gasteiger partial charge in [-0.15, -0.1) is 0 Å². The molecule has 4 aromatic carbocycles. The van der Waals surface area contributed by atoms with Crippen molar-refractivity contribution >= 4 is 32.8 Å². The standard InChI is InChI=1S/C37H27N3O/c1-22-19-20-24-28(21-22)32-26-14-6-9-17-30(26)40(35(32)36-33(24)27-15-7-10-18-31(27)41-36)37-38-29-16-8-5-13-25(29)34(39-37)23-11-3-2-4-12-23/h2-20,22,24,28H,21H2,1H3. The Labute approximate surface area is 237 Å². The van der Waals surface area contributed by atoms with E-state index in [0.29, 0.717) is 17.8 Å². The van der Waals surface area contributed by atoms with Crippen molar-refractivity contribution in [2.24, 2.45) is 5.92 Å². The summed E-state index contributed by atoms with van der Waals surface area (Å²) < 4.78 is 9.04. The van der Waals surface area contributed by atoms with E-state index in [4.69, 9.17) is 14.4 Å². The molecule has 4 heteroatoms. The van der Waals surface area contributed by atoms with Crippen molar-refractivity contribution in [1.82, 2.24) is 14.5 Å². The van der Waals surface area contributed by atoms with Crippen LogP contribution in [0.5, 0.6) is 0 Å². The molecule has 9 rings (SSSR count). The molecule has 0 aliphatic heterocycles. The minimum absolute atomic E-state index is 0.272. The fraction of sp³-hybridized carbons (Fsp3) is 0.135. The average Bonchev–Trinajstić information content (AvgIpc) is 3.58. The molecule has 2 aliphatic carbocycles. The predicted molar refractivity (Wildman–Crippen MR) is 165 cm³/mol. The van der Waals surface area contributed by atoms with Crippen LogP contribution in [0, 0.1) is 5.92 Å². The molecule has 3 aromatic heterocycles. The van der Waals surface area contributed by atoms with E-state index >= 15 is 0 Å². The first-order chi connectivity index (χ1) is 20.3. The maximum atomic E-state index is 6.78. The largest absolute Gasteiger partial charge is 0.454 e. The topological polar surface area (TPSA) is 43.9 Å². The second kappa shape index (κ2) is 8.52. The van der Waals surface area contributed by atoms with Gasteiger partial charge in [0.25, 0.3) is 0 Å². The summed E-state index contributed by atoms with van der Waals surface area (Å²) >= 11 is 0. The van der Waals surface area contributed by atoms with E-state index in [0.717, 1.165) is 51.1 Å². The molecular formula is C37H27N3O. The third kappa shape index (κ3) is 3.22. The molecule has 0 N–H and O–H groups in total. The van der Waals surface area contributed by atoms with E-state index in [2.05, 4.69) is 121 Å². The Hall–Kier alpha value is -4.96. The maximum absolute atomic E-state index is 6.78. The number of allylic oxidation sites excluding steroid dienone is 2. The minimum atomic E-state index is 0.272. The van der Waals surface area contributed by atoms with Crippen molar-refractivity contribution in [1.29, 1.82) is 0 Å². The number of aromatic nitrogens is 3. The van der Waals surface area contributed by atoms with Gasteiger partial charge in [0.2, 0.25) is 5.95 Å². The number of furan rings is 1. The summed E-state index contributed by atoms with van der Waals surface area (Å²) in [6.45, 7) is 2.33. The summed E-state index contributed by atoms with van der Waals surface area (Å²) in [4.78, 5) is 10.5. The Kier molecular flexibility index (Phi) is 4.74. The second-order valence-electron chi connectivity index (χ2n) is 11.4. The van der Waals surface area contributed by atoms with Crippen LogP contribution in [0.1, 0.15) is 36.3 Å². The highest BCUT2D eigenvalue weighted by atomic mass is 16.3. The predicted octanol–water partition coefficient (Wildman–Crippen LogP) is 9.43. The third-order valence-corrected chi connectivity index (χ3v) is 9.01. The lowest BCUT2D eigenvalue weighted by atomic mass is 9.68. The first-order valence-electron chi connectivity index (χ1n) is 14.4. The van der Waals surface area contributed by atoms with Crippen LogP contribution in [-0.2, 0) is 0 Å². The fourth-order valence-electron chi connectivity index (χ4n) is 7.29. The summed E-state index contributed by atoms with van der Waals surface area (Å²) in [5, 5.41) is 3.50. The molecule has 3 heterocycles. The summed E-state index contributed by atoms with van der Waals surface area (Å²) in [6, 6.07) is 35.9. The zero-order valence-electron chi connectivity index (χ0n) is 22.7. The molecular weight excluding hydrogens is 502 g/mol. The van der Waals surface area contributed by atoms with Crippen molar-refractivity contribution in [3.05, 3.63) is 126 Å². The van der Waals surface area contributed by atoms with E-state index in [1.165, 1.54) is 21.9 Å². The van der Waals surface area contributed by atoms with Gasteiger partial charge < -0.3 is 4.42 Å². The van der Waals surface area contributed by atoms with Crippen LogP contribution in [0.4, 0.5) is 0 Å². The van der Waals surface area contributed by atoms with E-state index in [1.807, 2.05) is 6.07 Å². The van der Waals surface area contributed by atoms with Crippen LogP contribution in [-0.4, -0.2) is 14.5 Å². The Morgan fingerprint density at radius 2 is 1.44 bits per heavy atom. The molecule has 3 unspecified atom stereocenters. The number of fused-ring (bicyclic) bond motifs is 11. The SMILES string of the molecule is CC1C=CC2c3c(oc4ccccc34)-c3c(c4ccccc4n3-c3nc(-c4ccccc4)c4ccccc4n3)C2C1. The van der Waals surface area contributed by atoms with Gasteiger partial charge in [0.15, 0.2) is 5.76 Å². The van der Waals surface area contributed by atoms with Gasteiger partial charge in [-0.1, -0.05) is 104 Å². The number of para-hydroxylation sites is 3. The maximum Gasteiger partial charge on any atom is 0.235 e. The van der Waals surface area contributed by atoms with Crippen molar-refractivity contribution in [2.75, 3.05) is 0 Å². The summed E-state index contributed by atoms with van der Waals surface area (Å²) in [6.07, 6.45) is 5.90. The highest BCUT2D eigenvalue weighted by molar-refractivity contribution is 6.00. The van der Waals surface area contributed by atoms with E-state index < -0.39 is 0 Å². The number of nitrogens with zero attached hydrogens (tertiary/aromatic N) is 3. The summed E-state index contributed by atoms with van der Waals surface area (Å²) in [7, 11) is 0. The molecule has 0 saturated carbocycles. The van der Waals surface area contributed by atoms with Gasteiger partial charge in [0, 0.05) is 33.2 Å². The summed E-state index contributed by atoms with van der Waals surface area (Å²) in [5.74, 6) is 2.74. The lowest BCUT2D eigenvalue weighted by Gasteiger charge is -2.35. The average molecular weight is 530 g/mol. The first-order valence-corrected chi connectivity index (χ1v) is 14.4. The van der Waals surface area contributed by atoms with Gasteiger partial charge in [-0.25, -0.2) is 9.97 Å². The summed E-state index contributed by atoms with van der Waals surface area (Å²) in [5.41, 5.74) is 8.71. The Morgan fingerprint density at radius 1 is 0.707 bits per heavy atom. The number of rotatable bonds is 2. The van der Waals surface area contributed by atoms with E-state index in [-0.39, 0.29) is 5.92 Å². The first kappa shape index (κ1) is 22.8. The molecule has 0 bridgehead atoms. The molecule has 0 radical (unpaired) electrons. The van der Waals surface area contributed by atoms with E-state index in [9.17, 15) is 0 Å². The van der Waals surface area contributed by atoms with Gasteiger partial charge in [0.1, 0.15) is 5.58 Å². The molecule has 0 spiro atoms. The van der Waals surface area contributed by atoms with Crippen molar-refractivity contribution in [3.63, 3.8) is 0 Å². The van der Waals surface area contributed by atoms with Crippen LogP contribution in [0.3, 0.4) is 0 Å². The lowest BCUT2D eigenvalue weighted by molar-refractivity contribution is 0.466. The Balaban J connectivity index is 1.43. The highest BCUT2D eigenvalue weighted by Crippen LogP contribution is 2.57.